The van der Waals surface area contributed by atoms with Crippen LogP contribution in [0, 0.1) is 11.3 Å². The minimum Gasteiger partial charge on any atom is -0.381 e. The van der Waals surface area contributed by atoms with Gasteiger partial charge < -0.3 is 15.4 Å². The Morgan fingerprint density at radius 1 is 1.59 bits per heavy atom. The Morgan fingerprint density at radius 2 is 2.53 bits per heavy atom. The van der Waals surface area contributed by atoms with Crippen LogP contribution >= 0.6 is 0 Å². The van der Waals surface area contributed by atoms with Gasteiger partial charge in [0.05, 0.1) is 6.61 Å². The molecule has 3 rings (SSSR count). The predicted molar refractivity (Wildman–Crippen MR) is 66.0 cm³/mol. The van der Waals surface area contributed by atoms with Gasteiger partial charge >= 0.3 is 0 Å². The monoisotopic (exact) mass is 234 g/mol. The molecular weight excluding hydrogens is 216 g/mol. The molecule has 2 fully saturated rings. The third-order valence-corrected chi connectivity index (χ3v) is 3.91. The molecule has 1 aliphatic heterocycles. The van der Waals surface area contributed by atoms with Crippen LogP contribution in [0.25, 0.3) is 0 Å². The largest absolute Gasteiger partial charge is 0.381 e. The van der Waals surface area contributed by atoms with E-state index in [4.69, 9.17) is 4.74 Å². The van der Waals surface area contributed by atoms with Crippen LogP contribution in [0.1, 0.15) is 12.8 Å². The van der Waals surface area contributed by atoms with Crippen molar-refractivity contribution in [3.05, 3.63) is 12.3 Å². The molecule has 1 aromatic heterocycles. The van der Waals surface area contributed by atoms with E-state index < -0.39 is 0 Å². The normalized spacial score (nSPS) is 30.5. The zero-order valence-corrected chi connectivity index (χ0v) is 10.1. The number of hydrogen-bond acceptors (Lipinski definition) is 5. The molecule has 1 saturated heterocycles. The highest BCUT2D eigenvalue weighted by Crippen LogP contribution is 2.57. The average molecular weight is 234 g/mol. The highest BCUT2D eigenvalue weighted by molar-refractivity contribution is 5.38. The SMILES string of the molecule is CNc1ccnc(NCC2CC23CCOC3)n1. The lowest BCUT2D eigenvalue weighted by atomic mass is 10.0. The first-order valence-electron chi connectivity index (χ1n) is 6.15. The average Bonchev–Trinajstić information content (AvgIpc) is 2.81. The van der Waals surface area contributed by atoms with Gasteiger partial charge in [0.25, 0.3) is 0 Å². The second kappa shape index (κ2) is 4.14. The lowest BCUT2D eigenvalue weighted by Gasteiger charge is -2.08. The Balaban J connectivity index is 1.54. The van der Waals surface area contributed by atoms with E-state index >= 15 is 0 Å². The third-order valence-electron chi connectivity index (χ3n) is 3.91. The van der Waals surface area contributed by atoms with Gasteiger partial charge in [-0.1, -0.05) is 0 Å². The summed E-state index contributed by atoms with van der Waals surface area (Å²) in [6.45, 7) is 2.83. The number of rotatable bonds is 4. The molecule has 0 bridgehead atoms. The van der Waals surface area contributed by atoms with Crippen LogP contribution < -0.4 is 10.6 Å². The van der Waals surface area contributed by atoms with Gasteiger partial charge in [-0.2, -0.15) is 4.98 Å². The molecule has 1 aromatic rings. The van der Waals surface area contributed by atoms with Gasteiger partial charge in [0, 0.05) is 31.8 Å². The zero-order chi connectivity index (χ0) is 11.7. The molecule has 0 radical (unpaired) electrons. The fraction of sp³-hybridized carbons (Fsp3) is 0.667. The van der Waals surface area contributed by atoms with Crippen molar-refractivity contribution in [2.24, 2.45) is 11.3 Å². The van der Waals surface area contributed by atoms with Crippen LogP contribution in [0.2, 0.25) is 0 Å². The second-order valence-electron chi connectivity index (χ2n) is 4.96. The molecule has 1 aliphatic carbocycles. The summed E-state index contributed by atoms with van der Waals surface area (Å²) in [5.41, 5.74) is 0.480. The van der Waals surface area contributed by atoms with Crippen LogP contribution in [0.3, 0.4) is 0 Å². The molecule has 0 aromatic carbocycles. The minimum absolute atomic E-state index is 0.480. The minimum atomic E-state index is 0.480. The first kappa shape index (κ1) is 10.8. The molecule has 2 N–H and O–H groups in total. The van der Waals surface area contributed by atoms with Crippen molar-refractivity contribution < 1.29 is 4.74 Å². The Bertz CT molecular complexity index is 403. The fourth-order valence-corrected chi connectivity index (χ4v) is 2.62. The van der Waals surface area contributed by atoms with Crippen LogP contribution in [-0.4, -0.2) is 36.8 Å². The maximum absolute atomic E-state index is 5.47. The lowest BCUT2D eigenvalue weighted by Crippen LogP contribution is -2.13. The number of nitrogens with one attached hydrogen (secondary N) is 2. The highest BCUT2D eigenvalue weighted by atomic mass is 16.5. The maximum atomic E-state index is 5.47. The highest BCUT2D eigenvalue weighted by Gasteiger charge is 2.55. The van der Waals surface area contributed by atoms with Crippen molar-refractivity contribution >= 4 is 11.8 Å². The van der Waals surface area contributed by atoms with Crippen LogP contribution in [0.4, 0.5) is 11.8 Å². The van der Waals surface area contributed by atoms with E-state index in [0.717, 1.165) is 31.5 Å². The molecule has 0 amide bonds. The van der Waals surface area contributed by atoms with E-state index in [0.29, 0.717) is 11.4 Å². The molecular formula is C12H18N4O. The van der Waals surface area contributed by atoms with Gasteiger partial charge in [-0.3, -0.25) is 0 Å². The summed E-state index contributed by atoms with van der Waals surface area (Å²) in [5, 5.41) is 6.32. The number of anilines is 2. The molecule has 5 heteroatoms. The van der Waals surface area contributed by atoms with Crippen LogP contribution in [0.5, 0.6) is 0 Å². The van der Waals surface area contributed by atoms with Crippen molar-refractivity contribution in [2.75, 3.05) is 37.4 Å². The smallest absolute Gasteiger partial charge is 0.224 e. The summed E-state index contributed by atoms with van der Waals surface area (Å²) in [7, 11) is 1.86. The summed E-state index contributed by atoms with van der Waals surface area (Å²) in [6.07, 6.45) is 4.27. The fourth-order valence-electron chi connectivity index (χ4n) is 2.62. The quantitative estimate of drug-likeness (QED) is 0.823. The van der Waals surface area contributed by atoms with E-state index in [2.05, 4.69) is 20.6 Å². The van der Waals surface area contributed by atoms with Gasteiger partial charge in [-0.25, -0.2) is 4.98 Å². The molecule has 17 heavy (non-hydrogen) atoms. The number of hydrogen-bond donors (Lipinski definition) is 2. The van der Waals surface area contributed by atoms with E-state index in [9.17, 15) is 0 Å². The summed E-state index contributed by atoms with van der Waals surface area (Å²) in [4.78, 5) is 8.55. The van der Waals surface area contributed by atoms with Gasteiger partial charge in [0.2, 0.25) is 5.95 Å². The molecule has 2 atom stereocenters. The molecule has 2 aliphatic rings. The van der Waals surface area contributed by atoms with E-state index in [1.54, 1.807) is 6.20 Å². The Labute approximate surface area is 101 Å². The Hall–Kier alpha value is -1.36. The van der Waals surface area contributed by atoms with Gasteiger partial charge in [0.1, 0.15) is 5.82 Å². The summed E-state index contributed by atoms with van der Waals surface area (Å²) >= 11 is 0. The van der Waals surface area contributed by atoms with Crippen molar-refractivity contribution in [3.63, 3.8) is 0 Å². The van der Waals surface area contributed by atoms with Gasteiger partial charge in [-0.15, -0.1) is 0 Å². The molecule has 92 valence electrons. The molecule has 1 saturated carbocycles. The lowest BCUT2D eigenvalue weighted by molar-refractivity contribution is 0.179. The zero-order valence-electron chi connectivity index (χ0n) is 10.1. The van der Waals surface area contributed by atoms with E-state index in [1.165, 1.54) is 12.8 Å². The molecule has 1 spiro atoms. The predicted octanol–water partition coefficient (Wildman–Crippen LogP) is 1.36. The summed E-state index contributed by atoms with van der Waals surface area (Å²) in [6, 6.07) is 1.86. The third kappa shape index (κ3) is 2.07. The second-order valence-corrected chi connectivity index (χ2v) is 4.96. The van der Waals surface area contributed by atoms with Crippen molar-refractivity contribution in [2.45, 2.75) is 12.8 Å². The molecule has 2 heterocycles. The van der Waals surface area contributed by atoms with Gasteiger partial charge in [-0.05, 0) is 24.8 Å². The summed E-state index contributed by atoms with van der Waals surface area (Å²) in [5.74, 6) is 2.28. The molecule has 2 unspecified atom stereocenters. The number of ether oxygens (including phenoxy) is 1. The van der Waals surface area contributed by atoms with E-state index in [1.807, 2.05) is 13.1 Å². The number of aromatic nitrogens is 2. The topological polar surface area (TPSA) is 59.1 Å². The van der Waals surface area contributed by atoms with E-state index in [-0.39, 0.29) is 0 Å². The molecule has 5 nitrogen and oxygen atoms in total. The van der Waals surface area contributed by atoms with Crippen LogP contribution in [-0.2, 0) is 4.74 Å². The first-order valence-corrected chi connectivity index (χ1v) is 6.15. The van der Waals surface area contributed by atoms with Gasteiger partial charge in [0.15, 0.2) is 0 Å². The Morgan fingerprint density at radius 3 is 3.29 bits per heavy atom. The van der Waals surface area contributed by atoms with Crippen LogP contribution in [0.15, 0.2) is 12.3 Å². The standard InChI is InChI=1S/C12H18N4O/c1-13-10-2-4-14-11(16-10)15-7-9-6-12(9)3-5-17-8-12/h2,4,9H,3,5-8H2,1H3,(H2,13,14,15,16). The van der Waals surface area contributed by atoms with Crippen molar-refractivity contribution in [3.8, 4) is 0 Å². The first-order chi connectivity index (χ1) is 8.32. The Kier molecular flexibility index (Phi) is 2.63. The van der Waals surface area contributed by atoms with Crippen molar-refractivity contribution in [1.29, 1.82) is 0 Å². The summed E-state index contributed by atoms with van der Waals surface area (Å²) < 4.78 is 5.47. The van der Waals surface area contributed by atoms with Crippen molar-refractivity contribution in [1.82, 2.24) is 9.97 Å². The number of nitrogens with zero attached hydrogens (tertiary/aromatic N) is 2. The maximum Gasteiger partial charge on any atom is 0.224 e.